The highest BCUT2D eigenvalue weighted by Crippen LogP contribution is 2.72. The van der Waals surface area contributed by atoms with Gasteiger partial charge in [0, 0.05) is 11.0 Å². The molecule has 3 saturated carbocycles. The predicted octanol–water partition coefficient (Wildman–Crippen LogP) is 2.83. The Labute approximate surface area is 206 Å². The van der Waals surface area contributed by atoms with E-state index >= 15 is 0 Å². The first kappa shape index (κ1) is 26.0. The van der Waals surface area contributed by atoms with Crippen LogP contribution >= 0.6 is 0 Å². The lowest BCUT2D eigenvalue weighted by atomic mass is 9.43. The Bertz CT molecular complexity index is 1010. The van der Waals surface area contributed by atoms with E-state index in [0.29, 0.717) is 12.3 Å². The molecule has 0 amide bonds. The van der Waals surface area contributed by atoms with Crippen LogP contribution in [0.5, 0.6) is 0 Å². The maximum Gasteiger partial charge on any atom is 0.335 e. The molecule has 3 fully saturated rings. The second-order valence-corrected chi connectivity index (χ2v) is 12.8. The second-order valence-electron chi connectivity index (χ2n) is 12.8. The van der Waals surface area contributed by atoms with Crippen molar-refractivity contribution in [3.63, 3.8) is 0 Å². The first-order chi connectivity index (χ1) is 16.0. The first-order valence-corrected chi connectivity index (χ1v) is 12.6. The Balaban J connectivity index is 1.63. The number of hydrogen-bond donors (Lipinski definition) is 3. The topological polar surface area (TPSA) is 138 Å². The Morgan fingerprint density at radius 3 is 2.40 bits per heavy atom. The number of esters is 1. The Morgan fingerprint density at radius 1 is 1.11 bits per heavy atom. The van der Waals surface area contributed by atoms with Gasteiger partial charge in [0.05, 0.1) is 17.9 Å². The van der Waals surface area contributed by atoms with Crippen LogP contribution in [-0.4, -0.2) is 56.6 Å². The number of carboxylic acid groups (broad SMARTS) is 1. The molecule has 3 N–H and O–H groups in total. The second kappa shape index (κ2) is 7.97. The number of carboxylic acids is 1. The molecule has 0 aromatic carbocycles. The average molecular weight is 491 g/mol. The average Bonchev–Trinajstić information content (AvgIpc) is 2.97. The SMILES string of the molecule is CC(O)(CC(=O)OCC1=C[C@@]2(O)[C@@H](C[C@@H]3[C@@]4(C)CCCC(C)(C)[C@@H]4CC[C@@]32C)C(=O)C1=O)C(=O)O. The maximum absolute atomic E-state index is 13.3. The molecule has 0 spiro atoms. The van der Waals surface area contributed by atoms with Gasteiger partial charge in [-0.1, -0.05) is 34.1 Å². The van der Waals surface area contributed by atoms with Gasteiger partial charge in [-0.2, -0.15) is 0 Å². The van der Waals surface area contributed by atoms with Crippen molar-refractivity contribution < 1.29 is 39.2 Å². The molecule has 4 aliphatic rings. The summed E-state index contributed by atoms with van der Waals surface area (Å²) in [6.07, 6.45) is 6.07. The number of ketones is 2. The lowest BCUT2D eigenvalue weighted by molar-refractivity contribution is -0.166. The Hall–Kier alpha value is -2.06. The van der Waals surface area contributed by atoms with Crippen LogP contribution in [-0.2, 0) is 23.9 Å². The number of hydrogen-bond acceptors (Lipinski definition) is 7. The molecule has 0 bridgehead atoms. The summed E-state index contributed by atoms with van der Waals surface area (Å²) < 4.78 is 5.07. The molecule has 194 valence electrons. The zero-order valence-corrected chi connectivity index (χ0v) is 21.3. The van der Waals surface area contributed by atoms with Crippen LogP contribution in [0.15, 0.2) is 11.6 Å². The fourth-order valence-corrected chi connectivity index (χ4v) is 8.36. The number of aliphatic carboxylic acids is 1. The standard InChI is InChI=1S/C27H38O8/c1-23(2)8-6-9-24(3)17(23)7-10-25(4)18(24)11-16-21(30)20(29)15(12-27(16,25)34)14-35-19(28)13-26(5,33)22(31)32/h12,16-18,33-34H,6-11,13-14H2,1-5H3,(H,31,32)/t16-,17-,18+,24-,25-,26?,27+/m0/s1. The lowest BCUT2D eigenvalue weighted by Crippen LogP contribution is -2.59. The van der Waals surface area contributed by atoms with E-state index in [2.05, 4.69) is 20.8 Å². The van der Waals surface area contributed by atoms with Gasteiger partial charge in [0.15, 0.2) is 5.60 Å². The molecule has 4 rings (SSSR count). The van der Waals surface area contributed by atoms with E-state index in [4.69, 9.17) is 9.84 Å². The largest absolute Gasteiger partial charge is 0.479 e. The molecule has 8 nitrogen and oxygen atoms in total. The molecule has 8 heteroatoms. The third-order valence-corrected chi connectivity index (χ3v) is 10.3. The third kappa shape index (κ3) is 3.70. The normalized spacial score (nSPS) is 41.7. The van der Waals surface area contributed by atoms with E-state index in [1.807, 2.05) is 6.92 Å². The first-order valence-electron chi connectivity index (χ1n) is 12.6. The number of ether oxygens (including phenoxy) is 1. The molecule has 0 aromatic heterocycles. The van der Waals surface area contributed by atoms with Crippen molar-refractivity contribution >= 4 is 23.5 Å². The highest BCUT2D eigenvalue weighted by atomic mass is 16.5. The van der Waals surface area contributed by atoms with Crippen LogP contribution in [0.1, 0.15) is 79.6 Å². The van der Waals surface area contributed by atoms with Crippen molar-refractivity contribution in [1.82, 2.24) is 0 Å². The van der Waals surface area contributed by atoms with E-state index in [1.54, 1.807) is 0 Å². The smallest absolute Gasteiger partial charge is 0.335 e. The fourth-order valence-electron chi connectivity index (χ4n) is 8.36. The van der Waals surface area contributed by atoms with Crippen LogP contribution in [0.4, 0.5) is 0 Å². The molecule has 0 aliphatic heterocycles. The summed E-state index contributed by atoms with van der Waals surface area (Å²) in [4.78, 5) is 49.4. The number of Topliss-reactive ketones (excluding diaryl/α,β-unsaturated/α-hetero) is 2. The molecular formula is C27H38O8. The summed E-state index contributed by atoms with van der Waals surface area (Å²) in [7, 11) is 0. The van der Waals surface area contributed by atoms with Crippen molar-refractivity contribution in [2.45, 2.75) is 90.8 Å². The van der Waals surface area contributed by atoms with E-state index in [1.165, 1.54) is 6.08 Å². The summed E-state index contributed by atoms with van der Waals surface area (Å²) in [5, 5.41) is 30.9. The molecule has 35 heavy (non-hydrogen) atoms. The molecule has 7 atom stereocenters. The quantitative estimate of drug-likeness (QED) is 0.395. The minimum atomic E-state index is -2.31. The third-order valence-electron chi connectivity index (χ3n) is 10.3. The molecular weight excluding hydrogens is 452 g/mol. The molecule has 1 unspecified atom stereocenters. The molecule has 0 heterocycles. The minimum absolute atomic E-state index is 0.0476. The number of carbonyl (C=O) groups excluding carboxylic acids is 3. The van der Waals surface area contributed by atoms with Gasteiger partial charge in [0.1, 0.15) is 6.61 Å². The van der Waals surface area contributed by atoms with Gasteiger partial charge in [-0.3, -0.25) is 14.4 Å². The van der Waals surface area contributed by atoms with Crippen molar-refractivity contribution in [1.29, 1.82) is 0 Å². The highest BCUT2D eigenvalue weighted by Gasteiger charge is 2.71. The van der Waals surface area contributed by atoms with Gasteiger partial charge in [-0.05, 0) is 67.8 Å². The summed E-state index contributed by atoms with van der Waals surface area (Å²) >= 11 is 0. The summed E-state index contributed by atoms with van der Waals surface area (Å²) in [5.41, 5.74) is -4.39. The van der Waals surface area contributed by atoms with E-state index < -0.39 is 59.1 Å². The maximum atomic E-state index is 13.3. The van der Waals surface area contributed by atoms with E-state index in [-0.39, 0.29) is 22.3 Å². The van der Waals surface area contributed by atoms with Crippen LogP contribution < -0.4 is 0 Å². The van der Waals surface area contributed by atoms with Crippen LogP contribution in [0, 0.1) is 34.0 Å². The molecule has 0 saturated heterocycles. The Morgan fingerprint density at radius 2 is 1.77 bits per heavy atom. The van der Waals surface area contributed by atoms with E-state index in [9.17, 15) is 29.4 Å². The highest BCUT2D eigenvalue weighted by molar-refractivity contribution is 6.45. The molecule has 0 aromatic rings. The van der Waals surface area contributed by atoms with Crippen molar-refractivity contribution in [3.8, 4) is 0 Å². The van der Waals surface area contributed by atoms with Gasteiger partial charge in [0.25, 0.3) is 0 Å². The van der Waals surface area contributed by atoms with Gasteiger partial charge >= 0.3 is 11.9 Å². The summed E-state index contributed by atoms with van der Waals surface area (Å²) in [5.74, 6) is -4.28. The number of rotatable bonds is 5. The zero-order valence-electron chi connectivity index (χ0n) is 21.3. The van der Waals surface area contributed by atoms with Gasteiger partial charge in [-0.15, -0.1) is 0 Å². The van der Waals surface area contributed by atoms with Crippen LogP contribution in [0.2, 0.25) is 0 Å². The van der Waals surface area contributed by atoms with Gasteiger partial charge < -0.3 is 20.1 Å². The van der Waals surface area contributed by atoms with Crippen molar-refractivity contribution in [2.24, 2.45) is 34.0 Å². The van der Waals surface area contributed by atoms with Gasteiger partial charge in [0.2, 0.25) is 11.6 Å². The predicted molar refractivity (Wildman–Crippen MR) is 125 cm³/mol. The van der Waals surface area contributed by atoms with E-state index in [0.717, 1.165) is 39.0 Å². The lowest BCUT2D eigenvalue weighted by Gasteiger charge is -2.62. The number of aliphatic hydroxyl groups is 2. The van der Waals surface area contributed by atoms with Gasteiger partial charge in [-0.25, -0.2) is 4.79 Å². The molecule has 0 radical (unpaired) electrons. The van der Waals surface area contributed by atoms with Crippen molar-refractivity contribution in [3.05, 3.63) is 11.6 Å². The summed E-state index contributed by atoms with van der Waals surface area (Å²) in [6, 6.07) is 0. The number of carbonyl (C=O) groups is 4. The zero-order chi connectivity index (χ0) is 26.2. The number of fused-ring (bicyclic) bond motifs is 5. The monoisotopic (exact) mass is 490 g/mol. The van der Waals surface area contributed by atoms with Crippen LogP contribution in [0.3, 0.4) is 0 Å². The summed E-state index contributed by atoms with van der Waals surface area (Å²) in [6.45, 7) is 9.39. The fraction of sp³-hybridized carbons (Fsp3) is 0.778. The molecule has 4 aliphatic carbocycles. The minimum Gasteiger partial charge on any atom is -0.479 e. The van der Waals surface area contributed by atoms with Crippen LogP contribution in [0.25, 0.3) is 0 Å². The van der Waals surface area contributed by atoms with Crippen molar-refractivity contribution in [2.75, 3.05) is 6.61 Å². The Kier molecular flexibility index (Phi) is 5.92.